The van der Waals surface area contributed by atoms with Crippen molar-refractivity contribution >= 4 is 28.9 Å². The molecule has 1 aliphatic heterocycles. The van der Waals surface area contributed by atoms with Crippen LogP contribution in [0, 0.1) is 0 Å². The summed E-state index contributed by atoms with van der Waals surface area (Å²) in [5.41, 5.74) is 2.43. The van der Waals surface area contributed by atoms with E-state index in [-0.39, 0.29) is 12.3 Å². The summed E-state index contributed by atoms with van der Waals surface area (Å²) >= 11 is 6.08. The Kier molecular flexibility index (Phi) is 5.05. The molecule has 1 saturated heterocycles. The van der Waals surface area contributed by atoms with E-state index >= 15 is 0 Å². The Hall–Kier alpha value is -2.18. The number of morpholine rings is 1. The number of rotatable bonds is 4. The highest BCUT2D eigenvalue weighted by Gasteiger charge is 2.16. The fourth-order valence-electron chi connectivity index (χ4n) is 2.49. The SMILES string of the molecule is O=C(Cc1cncnc1)Nc1cc(Cl)ccc1N1CCOCC1. The Morgan fingerprint density at radius 3 is 2.74 bits per heavy atom. The molecular weight excluding hydrogens is 316 g/mol. The van der Waals surface area contributed by atoms with Gasteiger partial charge in [-0.3, -0.25) is 4.79 Å². The van der Waals surface area contributed by atoms with Crippen molar-refractivity contribution in [1.29, 1.82) is 0 Å². The van der Waals surface area contributed by atoms with Gasteiger partial charge in [-0.1, -0.05) is 11.6 Å². The number of benzene rings is 1. The van der Waals surface area contributed by atoms with Crippen LogP contribution in [0.15, 0.2) is 36.9 Å². The van der Waals surface area contributed by atoms with Gasteiger partial charge in [0, 0.05) is 30.5 Å². The number of ether oxygens (including phenoxy) is 1. The minimum Gasteiger partial charge on any atom is -0.378 e. The van der Waals surface area contributed by atoms with Crippen molar-refractivity contribution in [3.8, 4) is 0 Å². The Balaban J connectivity index is 1.75. The molecule has 0 saturated carbocycles. The summed E-state index contributed by atoms with van der Waals surface area (Å²) in [6.07, 6.45) is 4.92. The third kappa shape index (κ3) is 4.18. The monoisotopic (exact) mass is 332 g/mol. The summed E-state index contributed by atoms with van der Waals surface area (Å²) in [7, 11) is 0. The number of anilines is 2. The average molecular weight is 333 g/mol. The lowest BCUT2D eigenvalue weighted by molar-refractivity contribution is -0.115. The lowest BCUT2D eigenvalue weighted by atomic mass is 10.2. The molecule has 1 amide bonds. The molecule has 0 aliphatic carbocycles. The Morgan fingerprint density at radius 2 is 2.00 bits per heavy atom. The van der Waals surface area contributed by atoms with E-state index in [1.165, 1.54) is 6.33 Å². The number of nitrogens with one attached hydrogen (secondary N) is 1. The summed E-state index contributed by atoms with van der Waals surface area (Å²) in [6, 6.07) is 5.52. The van der Waals surface area contributed by atoms with Gasteiger partial charge in [0.25, 0.3) is 0 Å². The molecule has 0 radical (unpaired) electrons. The third-order valence-corrected chi connectivity index (χ3v) is 3.80. The zero-order chi connectivity index (χ0) is 16.1. The number of hydrogen-bond acceptors (Lipinski definition) is 5. The molecular formula is C16H17ClN4O2. The van der Waals surface area contributed by atoms with Crippen molar-refractivity contribution in [3.05, 3.63) is 47.5 Å². The average Bonchev–Trinajstić information content (AvgIpc) is 2.56. The van der Waals surface area contributed by atoms with Crippen LogP contribution in [0.4, 0.5) is 11.4 Å². The number of halogens is 1. The summed E-state index contributed by atoms with van der Waals surface area (Å²) in [6.45, 7) is 2.93. The Labute approximate surface area is 139 Å². The molecule has 1 N–H and O–H groups in total. The number of hydrogen-bond donors (Lipinski definition) is 1. The zero-order valence-electron chi connectivity index (χ0n) is 12.5. The normalized spacial score (nSPS) is 14.6. The molecule has 1 aliphatic rings. The second kappa shape index (κ2) is 7.39. The van der Waals surface area contributed by atoms with Gasteiger partial charge in [-0.15, -0.1) is 0 Å². The Morgan fingerprint density at radius 1 is 1.26 bits per heavy atom. The van der Waals surface area contributed by atoms with Crippen LogP contribution in [0.1, 0.15) is 5.56 Å². The molecule has 2 aromatic rings. The van der Waals surface area contributed by atoms with Gasteiger partial charge in [0.05, 0.1) is 31.0 Å². The standard InChI is InChI=1S/C16H17ClN4O2/c17-13-1-2-15(21-3-5-23-6-4-21)14(8-13)20-16(22)7-12-9-18-11-19-10-12/h1-2,8-11H,3-7H2,(H,20,22). The molecule has 23 heavy (non-hydrogen) atoms. The van der Waals surface area contributed by atoms with Crippen LogP contribution in [0.3, 0.4) is 0 Å². The molecule has 7 heteroatoms. The first-order chi connectivity index (χ1) is 11.2. The van der Waals surface area contributed by atoms with E-state index in [9.17, 15) is 4.79 Å². The second-order valence-electron chi connectivity index (χ2n) is 5.23. The molecule has 1 fully saturated rings. The predicted octanol–water partition coefficient (Wildman–Crippen LogP) is 2.15. The number of carbonyl (C=O) groups is 1. The van der Waals surface area contributed by atoms with E-state index < -0.39 is 0 Å². The van der Waals surface area contributed by atoms with Crippen molar-refractivity contribution in [3.63, 3.8) is 0 Å². The molecule has 0 spiro atoms. The summed E-state index contributed by atoms with van der Waals surface area (Å²) in [5.74, 6) is -0.128. The fourth-order valence-corrected chi connectivity index (χ4v) is 2.66. The van der Waals surface area contributed by atoms with E-state index in [0.29, 0.717) is 23.9 Å². The molecule has 120 valence electrons. The van der Waals surface area contributed by atoms with Crippen LogP contribution >= 0.6 is 11.6 Å². The smallest absolute Gasteiger partial charge is 0.228 e. The van der Waals surface area contributed by atoms with Gasteiger partial charge in [-0.05, 0) is 23.8 Å². The van der Waals surface area contributed by atoms with Crippen LogP contribution < -0.4 is 10.2 Å². The summed E-state index contributed by atoms with van der Waals surface area (Å²) < 4.78 is 5.38. The highest BCUT2D eigenvalue weighted by molar-refractivity contribution is 6.31. The fraction of sp³-hybridized carbons (Fsp3) is 0.312. The third-order valence-electron chi connectivity index (χ3n) is 3.56. The lowest BCUT2D eigenvalue weighted by Crippen LogP contribution is -2.36. The Bertz CT molecular complexity index is 675. The molecule has 0 unspecified atom stereocenters. The van der Waals surface area contributed by atoms with Crippen molar-refractivity contribution < 1.29 is 9.53 Å². The molecule has 2 heterocycles. The van der Waals surface area contributed by atoms with Gasteiger partial charge >= 0.3 is 0 Å². The van der Waals surface area contributed by atoms with Crippen LogP contribution in [-0.2, 0) is 16.0 Å². The number of carbonyl (C=O) groups excluding carboxylic acids is 1. The van der Waals surface area contributed by atoms with Crippen LogP contribution in [0.2, 0.25) is 5.02 Å². The highest BCUT2D eigenvalue weighted by Crippen LogP contribution is 2.30. The highest BCUT2D eigenvalue weighted by atomic mass is 35.5. The molecule has 3 rings (SSSR count). The van der Waals surface area contributed by atoms with Gasteiger partial charge in [-0.25, -0.2) is 9.97 Å². The van der Waals surface area contributed by atoms with Gasteiger partial charge in [-0.2, -0.15) is 0 Å². The minimum absolute atomic E-state index is 0.128. The predicted molar refractivity (Wildman–Crippen MR) is 88.8 cm³/mol. The van der Waals surface area contributed by atoms with Crippen molar-refractivity contribution in [1.82, 2.24) is 9.97 Å². The van der Waals surface area contributed by atoms with Crippen LogP contribution in [-0.4, -0.2) is 42.2 Å². The maximum absolute atomic E-state index is 12.3. The van der Waals surface area contributed by atoms with Gasteiger partial charge in [0.15, 0.2) is 0 Å². The van der Waals surface area contributed by atoms with E-state index in [4.69, 9.17) is 16.3 Å². The molecule has 1 aromatic heterocycles. The zero-order valence-corrected chi connectivity index (χ0v) is 13.3. The summed E-state index contributed by atoms with van der Waals surface area (Å²) in [4.78, 5) is 22.3. The van der Waals surface area contributed by atoms with Gasteiger partial charge < -0.3 is 15.0 Å². The number of amides is 1. The maximum atomic E-state index is 12.3. The van der Waals surface area contributed by atoms with Crippen molar-refractivity contribution in [2.45, 2.75) is 6.42 Å². The first-order valence-electron chi connectivity index (χ1n) is 7.38. The quantitative estimate of drug-likeness (QED) is 0.929. The van der Waals surface area contributed by atoms with Crippen LogP contribution in [0.25, 0.3) is 0 Å². The van der Waals surface area contributed by atoms with Gasteiger partial charge in [0.1, 0.15) is 6.33 Å². The first-order valence-corrected chi connectivity index (χ1v) is 7.76. The van der Waals surface area contributed by atoms with E-state index in [2.05, 4.69) is 20.2 Å². The van der Waals surface area contributed by atoms with E-state index in [0.717, 1.165) is 24.3 Å². The molecule has 1 aromatic carbocycles. The van der Waals surface area contributed by atoms with E-state index in [1.807, 2.05) is 12.1 Å². The number of aromatic nitrogens is 2. The largest absolute Gasteiger partial charge is 0.378 e. The topological polar surface area (TPSA) is 67.4 Å². The van der Waals surface area contributed by atoms with Crippen molar-refractivity contribution in [2.75, 3.05) is 36.5 Å². The van der Waals surface area contributed by atoms with Gasteiger partial charge in [0.2, 0.25) is 5.91 Å². The van der Waals surface area contributed by atoms with Crippen LogP contribution in [0.5, 0.6) is 0 Å². The van der Waals surface area contributed by atoms with Crippen molar-refractivity contribution in [2.24, 2.45) is 0 Å². The first kappa shape index (κ1) is 15.7. The van der Waals surface area contributed by atoms with E-state index in [1.54, 1.807) is 18.5 Å². The summed E-state index contributed by atoms with van der Waals surface area (Å²) in [5, 5.41) is 3.52. The molecule has 0 bridgehead atoms. The molecule has 6 nitrogen and oxygen atoms in total. The number of nitrogens with zero attached hydrogens (tertiary/aromatic N) is 3. The second-order valence-corrected chi connectivity index (χ2v) is 5.67. The lowest BCUT2D eigenvalue weighted by Gasteiger charge is -2.30. The molecule has 0 atom stereocenters. The minimum atomic E-state index is -0.128. The maximum Gasteiger partial charge on any atom is 0.228 e.